The van der Waals surface area contributed by atoms with Crippen molar-refractivity contribution in [2.24, 2.45) is 0 Å². The summed E-state index contributed by atoms with van der Waals surface area (Å²) in [5.41, 5.74) is 1.35. The van der Waals surface area contributed by atoms with E-state index in [-0.39, 0.29) is 12.6 Å². The van der Waals surface area contributed by atoms with Crippen LogP contribution >= 0.6 is 0 Å². The van der Waals surface area contributed by atoms with Gasteiger partial charge in [0.25, 0.3) is 5.91 Å². The number of carbonyl (C=O) groups excluding carboxylic acids is 1. The number of hydrogen-bond donors (Lipinski definition) is 1. The van der Waals surface area contributed by atoms with Gasteiger partial charge in [-0.3, -0.25) is 4.79 Å². The van der Waals surface area contributed by atoms with E-state index >= 15 is 0 Å². The maximum atomic E-state index is 13.6. The third kappa shape index (κ3) is 3.49. The Hall–Kier alpha value is -2.27. The Balaban J connectivity index is 2.11. The van der Waals surface area contributed by atoms with Gasteiger partial charge in [-0.2, -0.15) is 0 Å². The van der Waals surface area contributed by atoms with Crippen LogP contribution in [0.15, 0.2) is 42.5 Å². The highest BCUT2D eigenvalue weighted by Gasteiger charge is 2.19. The summed E-state index contributed by atoms with van der Waals surface area (Å²) in [6.45, 7) is 2.05. The molecule has 0 spiro atoms. The van der Waals surface area contributed by atoms with Gasteiger partial charge in [0.1, 0.15) is 17.2 Å². The number of halogens is 2. The van der Waals surface area contributed by atoms with Gasteiger partial charge in [-0.15, -0.1) is 0 Å². The van der Waals surface area contributed by atoms with E-state index in [0.717, 1.165) is 23.3 Å². The fourth-order valence-electron chi connectivity index (χ4n) is 2.26. The zero-order valence-electron chi connectivity index (χ0n) is 12.4. The van der Waals surface area contributed by atoms with Crippen molar-refractivity contribution in [1.82, 2.24) is 5.32 Å². The largest absolute Gasteiger partial charge is 0.375 e. The number of hydrogen-bond acceptors (Lipinski definition) is 2. The van der Waals surface area contributed by atoms with Crippen molar-refractivity contribution in [3.8, 4) is 0 Å². The number of amides is 1. The van der Waals surface area contributed by atoms with Gasteiger partial charge in [-0.1, -0.05) is 30.3 Å². The van der Waals surface area contributed by atoms with E-state index in [0.29, 0.717) is 0 Å². The third-order valence-electron chi connectivity index (χ3n) is 3.46. The molecule has 0 bridgehead atoms. The summed E-state index contributed by atoms with van der Waals surface area (Å²) < 4.78 is 32.5. The van der Waals surface area contributed by atoms with Crippen LogP contribution in [0.2, 0.25) is 0 Å². The molecule has 0 heterocycles. The van der Waals surface area contributed by atoms with E-state index in [1.165, 1.54) is 13.2 Å². The molecule has 0 radical (unpaired) electrons. The van der Waals surface area contributed by atoms with Gasteiger partial charge < -0.3 is 10.1 Å². The smallest absolute Gasteiger partial charge is 0.257 e. The van der Waals surface area contributed by atoms with Crippen molar-refractivity contribution < 1.29 is 18.3 Å². The second-order valence-electron chi connectivity index (χ2n) is 4.89. The molecule has 1 N–H and O–H groups in total. The lowest BCUT2D eigenvalue weighted by Gasteiger charge is -2.18. The molecule has 116 valence electrons. The number of ether oxygens (including phenoxy) is 1. The molecule has 5 heteroatoms. The van der Waals surface area contributed by atoms with Crippen molar-refractivity contribution in [1.29, 1.82) is 0 Å². The highest BCUT2D eigenvalue weighted by atomic mass is 19.1. The first kappa shape index (κ1) is 16.1. The molecule has 22 heavy (non-hydrogen) atoms. The zero-order chi connectivity index (χ0) is 16.1. The van der Waals surface area contributed by atoms with Crippen LogP contribution in [0, 0.1) is 18.6 Å². The van der Waals surface area contributed by atoms with Crippen LogP contribution < -0.4 is 5.32 Å². The molecule has 0 aliphatic rings. The van der Waals surface area contributed by atoms with E-state index in [9.17, 15) is 13.6 Å². The number of nitrogens with one attached hydrogen (secondary N) is 1. The average Bonchev–Trinajstić information content (AvgIpc) is 2.49. The van der Waals surface area contributed by atoms with Gasteiger partial charge >= 0.3 is 0 Å². The van der Waals surface area contributed by atoms with Gasteiger partial charge in [0.05, 0.1) is 6.10 Å². The van der Waals surface area contributed by atoms with Crippen molar-refractivity contribution in [3.05, 3.63) is 70.8 Å². The van der Waals surface area contributed by atoms with Crippen LogP contribution in [-0.2, 0) is 4.74 Å². The number of benzene rings is 2. The van der Waals surface area contributed by atoms with Crippen LogP contribution in [0.5, 0.6) is 0 Å². The zero-order valence-corrected chi connectivity index (χ0v) is 12.4. The van der Waals surface area contributed by atoms with Crippen LogP contribution in [0.1, 0.15) is 27.6 Å². The van der Waals surface area contributed by atoms with Crippen LogP contribution in [0.25, 0.3) is 0 Å². The fourth-order valence-corrected chi connectivity index (χ4v) is 2.26. The summed E-state index contributed by atoms with van der Waals surface area (Å²) in [7, 11) is 1.52. The summed E-state index contributed by atoms with van der Waals surface area (Å²) in [6.07, 6.45) is -0.389. The molecule has 0 aliphatic heterocycles. The van der Waals surface area contributed by atoms with Gasteiger partial charge in [0, 0.05) is 13.7 Å². The Morgan fingerprint density at radius 2 is 1.77 bits per heavy atom. The summed E-state index contributed by atoms with van der Waals surface area (Å²) in [6, 6.07) is 10.9. The third-order valence-corrected chi connectivity index (χ3v) is 3.46. The Morgan fingerprint density at radius 3 is 2.36 bits per heavy atom. The van der Waals surface area contributed by atoms with Crippen LogP contribution in [0.4, 0.5) is 8.78 Å². The predicted molar refractivity (Wildman–Crippen MR) is 79.6 cm³/mol. The standard InChI is InChI=1S/C17H17F2NO2/c1-11-6-3-4-7-12(11)15(22-2)10-20-17(21)16-13(18)8-5-9-14(16)19/h3-9,15H,10H2,1-2H3,(H,20,21)/t15-/m0/s1. The molecule has 2 aromatic carbocycles. The first-order valence-corrected chi connectivity index (χ1v) is 6.85. The molecule has 0 unspecified atom stereocenters. The van der Waals surface area contributed by atoms with Crippen LogP contribution in [-0.4, -0.2) is 19.6 Å². The summed E-state index contributed by atoms with van der Waals surface area (Å²) >= 11 is 0. The SMILES string of the molecule is CO[C@@H](CNC(=O)c1c(F)cccc1F)c1ccccc1C. The Bertz CT molecular complexity index is 653. The van der Waals surface area contributed by atoms with Crippen molar-refractivity contribution in [2.45, 2.75) is 13.0 Å². The average molecular weight is 305 g/mol. The molecular formula is C17H17F2NO2. The lowest BCUT2D eigenvalue weighted by molar-refractivity contribution is 0.0819. The summed E-state index contributed by atoms with van der Waals surface area (Å²) in [5.74, 6) is -2.57. The normalized spacial score (nSPS) is 12.0. The number of rotatable bonds is 5. The number of carbonyl (C=O) groups is 1. The molecule has 0 aliphatic carbocycles. The predicted octanol–water partition coefficient (Wildman–Crippen LogP) is 3.39. The number of aryl methyl sites for hydroxylation is 1. The fraction of sp³-hybridized carbons (Fsp3) is 0.235. The quantitative estimate of drug-likeness (QED) is 0.919. The Labute approximate surface area is 127 Å². The molecule has 0 saturated heterocycles. The van der Waals surface area contributed by atoms with Crippen LogP contribution in [0.3, 0.4) is 0 Å². The monoisotopic (exact) mass is 305 g/mol. The topological polar surface area (TPSA) is 38.3 Å². The second-order valence-corrected chi connectivity index (χ2v) is 4.89. The van der Waals surface area contributed by atoms with E-state index in [1.807, 2.05) is 31.2 Å². The van der Waals surface area contributed by atoms with Crippen molar-refractivity contribution >= 4 is 5.91 Å². The maximum Gasteiger partial charge on any atom is 0.257 e. The molecule has 0 fully saturated rings. The van der Waals surface area contributed by atoms with Gasteiger partial charge in [0.15, 0.2) is 0 Å². The van der Waals surface area contributed by atoms with E-state index in [2.05, 4.69) is 5.32 Å². The molecule has 1 amide bonds. The minimum Gasteiger partial charge on any atom is -0.375 e. The van der Waals surface area contributed by atoms with E-state index < -0.39 is 23.1 Å². The molecular weight excluding hydrogens is 288 g/mol. The molecule has 0 saturated carbocycles. The van der Waals surface area contributed by atoms with Gasteiger partial charge in [-0.25, -0.2) is 8.78 Å². The number of methoxy groups -OCH3 is 1. The Kier molecular flexibility index (Phi) is 5.22. The van der Waals surface area contributed by atoms with Crippen molar-refractivity contribution in [3.63, 3.8) is 0 Å². The van der Waals surface area contributed by atoms with E-state index in [1.54, 1.807) is 0 Å². The lowest BCUT2D eigenvalue weighted by Crippen LogP contribution is -2.30. The van der Waals surface area contributed by atoms with Gasteiger partial charge in [0.2, 0.25) is 0 Å². The molecule has 1 atom stereocenters. The molecule has 2 rings (SSSR count). The van der Waals surface area contributed by atoms with Crippen molar-refractivity contribution in [2.75, 3.05) is 13.7 Å². The first-order valence-electron chi connectivity index (χ1n) is 6.85. The summed E-state index contributed by atoms with van der Waals surface area (Å²) in [4.78, 5) is 12.0. The maximum absolute atomic E-state index is 13.6. The second kappa shape index (κ2) is 7.13. The minimum atomic E-state index is -0.887. The highest BCUT2D eigenvalue weighted by molar-refractivity contribution is 5.94. The Morgan fingerprint density at radius 1 is 1.14 bits per heavy atom. The van der Waals surface area contributed by atoms with E-state index in [4.69, 9.17) is 4.74 Å². The molecule has 0 aromatic heterocycles. The molecule has 2 aromatic rings. The summed E-state index contributed by atoms with van der Waals surface area (Å²) in [5, 5.41) is 2.51. The lowest BCUT2D eigenvalue weighted by atomic mass is 10.0. The minimum absolute atomic E-state index is 0.119. The van der Waals surface area contributed by atoms with Gasteiger partial charge in [-0.05, 0) is 30.2 Å². The highest BCUT2D eigenvalue weighted by Crippen LogP contribution is 2.20. The first-order chi connectivity index (χ1) is 10.5. The molecule has 3 nitrogen and oxygen atoms in total.